The predicted octanol–water partition coefficient (Wildman–Crippen LogP) is 1.67. The molecule has 1 fully saturated rings. The minimum absolute atomic E-state index is 0.232. The molecule has 21 heavy (non-hydrogen) atoms. The molecule has 112 valence electrons. The van der Waals surface area contributed by atoms with Gasteiger partial charge in [0.15, 0.2) is 0 Å². The van der Waals surface area contributed by atoms with Gasteiger partial charge < -0.3 is 14.6 Å². The SMILES string of the molecule is COc1ccc2c(C(=O)C[NH+]3CCC[C@H](C)C3)c[nH]c2c1. The molecule has 0 bridgehead atoms. The average molecular weight is 287 g/mol. The third-order valence-electron chi connectivity index (χ3n) is 4.46. The van der Waals surface area contributed by atoms with Crippen LogP contribution in [0.1, 0.15) is 30.1 Å². The second kappa shape index (κ2) is 5.90. The molecule has 2 N–H and O–H groups in total. The average Bonchev–Trinajstić information content (AvgIpc) is 2.90. The topological polar surface area (TPSA) is 46.5 Å². The van der Waals surface area contributed by atoms with Gasteiger partial charge in [-0.3, -0.25) is 4.79 Å². The van der Waals surface area contributed by atoms with Gasteiger partial charge >= 0.3 is 0 Å². The quantitative estimate of drug-likeness (QED) is 0.840. The van der Waals surface area contributed by atoms with E-state index >= 15 is 0 Å². The normalized spacial score (nSPS) is 22.4. The maximum atomic E-state index is 12.6. The van der Waals surface area contributed by atoms with Gasteiger partial charge in [-0.25, -0.2) is 0 Å². The molecule has 0 aliphatic carbocycles. The van der Waals surface area contributed by atoms with Crippen molar-refractivity contribution >= 4 is 16.7 Å². The molecule has 0 saturated carbocycles. The zero-order chi connectivity index (χ0) is 14.8. The summed E-state index contributed by atoms with van der Waals surface area (Å²) in [4.78, 5) is 17.2. The molecule has 2 atom stereocenters. The number of ketones is 1. The molecule has 0 radical (unpaired) electrons. The number of piperidine rings is 1. The summed E-state index contributed by atoms with van der Waals surface area (Å²) in [5.41, 5.74) is 1.76. The van der Waals surface area contributed by atoms with Gasteiger partial charge in [-0.2, -0.15) is 0 Å². The number of H-pyrrole nitrogens is 1. The third kappa shape index (κ3) is 2.95. The minimum Gasteiger partial charge on any atom is -0.497 e. The number of fused-ring (bicyclic) bond motifs is 1. The van der Waals surface area contributed by atoms with Gasteiger partial charge in [-0.15, -0.1) is 0 Å². The second-order valence-corrected chi connectivity index (χ2v) is 6.17. The molecule has 1 unspecified atom stereocenters. The number of aromatic nitrogens is 1. The lowest BCUT2D eigenvalue weighted by atomic mass is 9.99. The van der Waals surface area contributed by atoms with E-state index in [1.807, 2.05) is 24.4 Å². The van der Waals surface area contributed by atoms with Crippen molar-refractivity contribution in [3.05, 3.63) is 30.0 Å². The van der Waals surface area contributed by atoms with Gasteiger partial charge in [-0.05, 0) is 25.0 Å². The van der Waals surface area contributed by atoms with Crippen LogP contribution in [-0.2, 0) is 0 Å². The molecule has 0 amide bonds. The van der Waals surface area contributed by atoms with Crippen molar-refractivity contribution in [2.75, 3.05) is 26.7 Å². The van der Waals surface area contributed by atoms with Crippen LogP contribution in [0.2, 0.25) is 0 Å². The molecular formula is C17H23N2O2+. The highest BCUT2D eigenvalue weighted by Gasteiger charge is 2.23. The lowest BCUT2D eigenvalue weighted by Gasteiger charge is -2.27. The fraction of sp³-hybridized carbons (Fsp3) is 0.471. The summed E-state index contributed by atoms with van der Waals surface area (Å²) in [5, 5.41) is 0.991. The Morgan fingerprint density at radius 2 is 2.33 bits per heavy atom. The lowest BCUT2D eigenvalue weighted by Crippen LogP contribution is -3.14. The summed E-state index contributed by atoms with van der Waals surface area (Å²) in [6.07, 6.45) is 4.36. The van der Waals surface area contributed by atoms with Crippen LogP contribution in [0.3, 0.4) is 0 Å². The molecule has 1 saturated heterocycles. The summed E-state index contributed by atoms with van der Waals surface area (Å²) in [5.74, 6) is 1.77. The number of nitrogens with one attached hydrogen (secondary N) is 2. The number of carbonyl (C=O) groups is 1. The summed E-state index contributed by atoms with van der Waals surface area (Å²) < 4.78 is 5.22. The molecule has 1 aliphatic rings. The second-order valence-electron chi connectivity index (χ2n) is 6.17. The molecule has 1 aromatic carbocycles. The van der Waals surface area contributed by atoms with E-state index in [1.165, 1.54) is 17.7 Å². The summed E-state index contributed by atoms with van der Waals surface area (Å²) in [7, 11) is 1.65. The Labute approximate surface area is 125 Å². The number of quaternary nitrogens is 1. The highest BCUT2D eigenvalue weighted by Crippen LogP contribution is 2.23. The van der Waals surface area contributed by atoms with Gasteiger partial charge in [0.2, 0.25) is 5.78 Å². The van der Waals surface area contributed by atoms with Crippen LogP contribution in [0.25, 0.3) is 10.9 Å². The molecule has 1 aromatic heterocycles. The lowest BCUT2D eigenvalue weighted by molar-refractivity contribution is -0.900. The van der Waals surface area contributed by atoms with Gasteiger partial charge in [0.05, 0.1) is 20.2 Å². The fourth-order valence-corrected chi connectivity index (χ4v) is 3.34. The van der Waals surface area contributed by atoms with Gasteiger partial charge in [-0.1, -0.05) is 6.92 Å². The van der Waals surface area contributed by atoms with E-state index < -0.39 is 0 Å². The van der Waals surface area contributed by atoms with Crippen molar-refractivity contribution in [1.82, 2.24) is 4.98 Å². The Kier molecular flexibility index (Phi) is 3.97. The molecule has 4 heteroatoms. The largest absolute Gasteiger partial charge is 0.497 e. The zero-order valence-electron chi connectivity index (χ0n) is 12.7. The number of carbonyl (C=O) groups excluding carboxylic acids is 1. The monoisotopic (exact) mass is 287 g/mol. The van der Waals surface area contributed by atoms with Crippen molar-refractivity contribution in [2.24, 2.45) is 5.92 Å². The smallest absolute Gasteiger partial charge is 0.219 e. The highest BCUT2D eigenvalue weighted by atomic mass is 16.5. The van der Waals surface area contributed by atoms with E-state index in [1.54, 1.807) is 7.11 Å². The summed E-state index contributed by atoms with van der Waals surface area (Å²) >= 11 is 0. The maximum absolute atomic E-state index is 12.6. The van der Waals surface area contributed by atoms with Gasteiger partial charge in [0, 0.05) is 34.6 Å². The molecule has 0 spiro atoms. The first-order valence-corrected chi connectivity index (χ1v) is 7.69. The van der Waals surface area contributed by atoms with Crippen molar-refractivity contribution in [1.29, 1.82) is 0 Å². The highest BCUT2D eigenvalue weighted by molar-refractivity contribution is 6.08. The molecule has 1 aliphatic heterocycles. The van der Waals surface area contributed by atoms with Crippen LogP contribution in [0.15, 0.2) is 24.4 Å². The van der Waals surface area contributed by atoms with Crippen molar-refractivity contribution in [3.63, 3.8) is 0 Å². The zero-order valence-corrected chi connectivity index (χ0v) is 12.7. The number of Topliss-reactive ketones (excluding diaryl/α,β-unsaturated/α-hetero) is 1. The Morgan fingerprint density at radius 1 is 1.48 bits per heavy atom. The van der Waals surface area contributed by atoms with Gasteiger partial charge in [0.1, 0.15) is 12.3 Å². The van der Waals surface area contributed by atoms with E-state index in [0.717, 1.165) is 41.2 Å². The number of likely N-dealkylation sites (tertiary alicyclic amines) is 1. The van der Waals surface area contributed by atoms with E-state index in [-0.39, 0.29) is 5.78 Å². The number of aromatic amines is 1. The number of methoxy groups -OCH3 is 1. The molecular weight excluding hydrogens is 264 g/mol. The van der Waals surface area contributed by atoms with Crippen LogP contribution in [0.5, 0.6) is 5.75 Å². The van der Waals surface area contributed by atoms with E-state index in [2.05, 4.69) is 11.9 Å². The fourth-order valence-electron chi connectivity index (χ4n) is 3.34. The maximum Gasteiger partial charge on any atom is 0.219 e. The minimum atomic E-state index is 0.232. The molecule has 3 rings (SSSR count). The van der Waals surface area contributed by atoms with E-state index in [4.69, 9.17) is 4.74 Å². The number of ether oxygens (including phenoxy) is 1. The van der Waals surface area contributed by atoms with Crippen LogP contribution < -0.4 is 9.64 Å². The Bertz CT molecular complexity index is 647. The van der Waals surface area contributed by atoms with Crippen molar-refractivity contribution in [2.45, 2.75) is 19.8 Å². The number of hydrogen-bond acceptors (Lipinski definition) is 2. The van der Waals surface area contributed by atoms with Crippen LogP contribution in [-0.4, -0.2) is 37.5 Å². The molecule has 4 nitrogen and oxygen atoms in total. The standard InChI is InChI=1S/C17H22N2O2/c1-12-4-3-7-19(10-12)11-17(20)15-9-18-16-8-13(21-2)5-6-14(15)16/h5-6,8-9,12,18H,3-4,7,10-11H2,1-2H3/p+1/t12-/m0/s1. The van der Waals surface area contributed by atoms with Crippen LogP contribution in [0, 0.1) is 5.92 Å². The Balaban J connectivity index is 1.78. The number of rotatable bonds is 4. The van der Waals surface area contributed by atoms with Crippen molar-refractivity contribution in [3.8, 4) is 5.75 Å². The first-order valence-electron chi connectivity index (χ1n) is 7.69. The van der Waals surface area contributed by atoms with Gasteiger partial charge in [0.25, 0.3) is 0 Å². The summed E-state index contributed by atoms with van der Waals surface area (Å²) in [6, 6.07) is 5.80. The first kappa shape index (κ1) is 14.1. The first-order chi connectivity index (χ1) is 10.2. The summed E-state index contributed by atoms with van der Waals surface area (Å²) in [6.45, 7) is 5.11. The third-order valence-corrected chi connectivity index (χ3v) is 4.46. The predicted molar refractivity (Wildman–Crippen MR) is 83.1 cm³/mol. The number of benzene rings is 1. The Morgan fingerprint density at radius 3 is 3.10 bits per heavy atom. The van der Waals surface area contributed by atoms with E-state index in [9.17, 15) is 4.79 Å². The van der Waals surface area contributed by atoms with Crippen molar-refractivity contribution < 1.29 is 14.4 Å². The molecule has 2 aromatic rings. The van der Waals surface area contributed by atoms with E-state index in [0.29, 0.717) is 6.54 Å². The van der Waals surface area contributed by atoms with Crippen LogP contribution >= 0.6 is 0 Å². The Hall–Kier alpha value is -1.81. The molecule has 2 heterocycles. The van der Waals surface area contributed by atoms with Crippen LogP contribution in [0.4, 0.5) is 0 Å². The number of hydrogen-bond donors (Lipinski definition) is 2.